The van der Waals surface area contributed by atoms with Gasteiger partial charge in [-0.3, -0.25) is 0 Å². The minimum absolute atomic E-state index is 0.142. The number of rotatable bonds is 4. The van der Waals surface area contributed by atoms with Crippen LogP contribution in [0, 0.1) is 0 Å². The van der Waals surface area contributed by atoms with Gasteiger partial charge in [-0.05, 0) is 48.2 Å². The van der Waals surface area contributed by atoms with Crippen molar-refractivity contribution in [3.63, 3.8) is 0 Å². The van der Waals surface area contributed by atoms with Gasteiger partial charge in [-0.25, -0.2) is 4.98 Å². The van der Waals surface area contributed by atoms with Gasteiger partial charge in [-0.15, -0.1) is 0 Å². The molecular formula is C18H17Cl2N5. The summed E-state index contributed by atoms with van der Waals surface area (Å²) in [4.78, 5) is 8.46. The van der Waals surface area contributed by atoms with Crippen molar-refractivity contribution in [1.82, 2.24) is 9.97 Å². The molecule has 3 rings (SSSR count). The standard InChI is InChI=1S/C18H17Cl2N5/c19-13-6-5-11(9-14(13)20)16-15(24-18(23)25-17(16)22)7-4-10-2-1-3-12(21)8-10/h1-3,5-6,8-9H,4,7,21H2,(H4,22,23,24,25). The van der Waals surface area contributed by atoms with Gasteiger partial charge >= 0.3 is 0 Å². The first kappa shape index (κ1) is 17.3. The van der Waals surface area contributed by atoms with Gasteiger partial charge in [-0.2, -0.15) is 4.98 Å². The minimum atomic E-state index is 0.142. The van der Waals surface area contributed by atoms with Crippen molar-refractivity contribution in [1.29, 1.82) is 0 Å². The lowest BCUT2D eigenvalue weighted by Gasteiger charge is -2.13. The highest BCUT2D eigenvalue weighted by Crippen LogP contribution is 2.33. The number of hydrogen-bond acceptors (Lipinski definition) is 5. The third-order valence-electron chi connectivity index (χ3n) is 3.84. The number of anilines is 3. The van der Waals surface area contributed by atoms with Crippen molar-refractivity contribution in [3.8, 4) is 11.1 Å². The molecule has 0 amide bonds. The molecular weight excluding hydrogens is 357 g/mol. The van der Waals surface area contributed by atoms with E-state index in [0.717, 1.165) is 34.5 Å². The number of benzene rings is 2. The lowest BCUT2D eigenvalue weighted by Crippen LogP contribution is -2.08. The maximum atomic E-state index is 6.14. The molecule has 5 nitrogen and oxygen atoms in total. The summed E-state index contributed by atoms with van der Waals surface area (Å²) in [6.45, 7) is 0. The Morgan fingerprint density at radius 2 is 1.64 bits per heavy atom. The van der Waals surface area contributed by atoms with Crippen molar-refractivity contribution in [2.75, 3.05) is 17.2 Å². The third kappa shape index (κ3) is 3.95. The van der Waals surface area contributed by atoms with Crippen molar-refractivity contribution in [3.05, 3.63) is 63.8 Å². The van der Waals surface area contributed by atoms with Crippen LogP contribution in [0.4, 0.5) is 17.5 Å². The fraction of sp³-hybridized carbons (Fsp3) is 0.111. The molecule has 1 aromatic heterocycles. The Balaban J connectivity index is 1.99. The summed E-state index contributed by atoms with van der Waals surface area (Å²) < 4.78 is 0. The van der Waals surface area contributed by atoms with Crippen molar-refractivity contribution in [2.24, 2.45) is 0 Å². The van der Waals surface area contributed by atoms with Gasteiger partial charge in [0, 0.05) is 11.3 Å². The molecule has 128 valence electrons. The minimum Gasteiger partial charge on any atom is -0.399 e. The predicted molar refractivity (Wildman–Crippen MR) is 105 cm³/mol. The first-order valence-electron chi connectivity index (χ1n) is 7.65. The normalized spacial score (nSPS) is 10.8. The summed E-state index contributed by atoms with van der Waals surface area (Å²) in [5.74, 6) is 0.456. The first-order chi connectivity index (χ1) is 11.9. The Labute approximate surface area is 155 Å². The van der Waals surface area contributed by atoms with Crippen LogP contribution in [0.15, 0.2) is 42.5 Å². The van der Waals surface area contributed by atoms with E-state index in [-0.39, 0.29) is 5.95 Å². The van der Waals surface area contributed by atoms with E-state index in [2.05, 4.69) is 9.97 Å². The SMILES string of the molecule is Nc1cccc(CCc2nc(N)nc(N)c2-c2ccc(Cl)c(Cl)c2)c1. The second-order valence-electron chi connectivity index (χ2n) is 5.66. The van der Waals surface area contributed by atoms with Crippen LogP contribution in [0.2, 0.25) is 10.0 Å². The van der Waals surface area contributed by atoms with E-state index in [0.29, 0.717) is 22.3 Å². The van der Waals surface area contributed by atoms with Gasteiger partial charge in [0.15, 0.2) is 0 Å². The second-order valence-corrected chi connectivity index (χ2v) is 6.48. The van der Waals surface area contributed by atoms with E-state index in [1.54, 1.807) is 12.1 Å². The molecule has 0 fully saturated rings. The molecule has 0 atom stereocenters. The Morgan fingerprint density at radius 3 is 2.36 bits per heavy atom. The maximum absolute atomic E-state index is 6.14. The number of nitrogens with two attached hydrogens (primary N) is 3. The van der Waals surface area contributed by atoms with E-state index in [1.165, 1.54) is 0 Å². The van der Waals surface area contributed by atoms with E-state index >= 15 is 0 Å². The summed E-state index contributed by atoms with van der Waals surface area (Å²) in [5.41, 5.74) is 21.8. The maximum Gasteiger partial charge on any atom is 0.222 e. The van der Waals surface area contributed by atoms with Gasteiger partial charge in [0.25, 0.3) is 0 Å². The molecule has 0 unspecified atom stereocenters. The number of hydrogen-bond donors (Lipinski definition) is 3. The molecule has 0 saturated heterocycles. The zero-order valence-electron chi connectivity index (χ0n) is 13.3. The number of nitrogen functional groups attached to an aromatic ring is 3. The molecule has 0 aliphatic carbocycles. The van der Waals surface area contributed by atoms with Crippen LogP contribution in [-0.2, 0) is 12.8 Å². The molecule has 0 radical (unpaired) electrons. The summed E-state index contributed by atoms with van der Waals surface area (Å²) in [6.07, 6.45) is 1.38. The van der Waals surface area contributed by atoms with Crippen LogP contribution >= 0.6 is 23.2 Å². The molecule has 7 heteroatoms. The summed E-state index contributed by atoms with van der Waals surface area (Å²) in [5, 5.41) is 0.916. The van der Waals surface area contributed by atoms with Crippen LogP contribution in [0.25, 0.3) is 11.1 Å². The largest absolute Gasteiger partial charge is 0.399 e. The van der Waals surface area contributed by atoms with Crippen molar-refractivity contribution in [2.45, 2.75) is 12.8 Å². The second kappa shape index (κ2) is 7.17. The first-order valence-corrected chi connectivity index (χ1v) is 8.41. The van der Waals surface area contributed by atoms with Crippen LogP contribution in [0.3, 0.4) is 0 Å². The molecule has 0 saturated carbocycles. The zero-order valence-corrected chi connectivity index (χ0v) is 14.8. The monoisotopic (exact) mass is 373 g/mol. The Morgan fingerprint density at radius 1 is 0.840 bits per heavy atom. The molecule has 25 heavy (non-hydrogen) atoms. The molecule has 0 spiro atoms. The number of nitrogens with zero attached hydrogens (tertiary/aromatic N) is 2. The average Bonchev–Trinajstić information content (AvgIpc) is 2.55. The van der Waals surface area contributed by atoms with E-state index < -0.39 is 0 Å². The van der Waals surface area contributed by atoms with Gasteiger partial charge in [0.05, 0.1) is 15.7 Å². The average molecular weight is 374 g/mol. The highest BCUT2D eigenvalue weighted by molar-refractivity contribution is 6.42. The van der Waals surface area contributed by atoms with Gasteiger partial charge in [-0.1, -0.05) is 41.4 Å². The molecule has 6 N–H and O–H groups in total. The fourth-order valence-electron chi connectivity index (χ4n) is 2.70. The number of aryl methyl sites for hydroxylation is 2. The van der Waals surface area contributed by atoms with Gasteiger partial charge < -0.3 is 17.2 Å². The van der Waals surface area contributed by atoms with Gasteiger partial charge in [0.2, 0.25) is 5.95 Å². The molecule has 0 aliphatic rings. The number of aromatic nitrogens is 2. The quantitative estimate of drug-likeness (QED) is 0.599. The van der Waals surface area contributed by atoms with E-state index in [4.69, 9.17) is 40.4 Å². The zero-order chi connectivity index (χ0) is 18.0. The Kier molecular flexibility index (Phi) is 4.97. The summed E-state index contributed by atoms with van der Waals surface area (Å²) in [6, 6.07) is 13.0. The lowest BCUT2D eigenvalue weighted by atomic mass is 9.99. The highest BCUT2D eigenvalue weighted by Gasteiger charge is 2.15. The number of halogens is 2. The van der Waals surface area contributed by atoms with Crippen LogP contribution in [0.5, 0.6) is 0 Å². The smallest absolute Gasteiger partial charge is 0.222 e. The summed E-state index contributed by atoms with van der Waals surface area (Å²) in [7, 11) is 0. The Hall–Kier alpha value is -2.50. The van der Waals surface area contributed by atoms with Crippen molar-refractivity contribution >= 4 is 40.7 Å². The van der Waals surface area contributed by atoms with Crippen LogP contribution in [-0.4, -0.2) is 9.97 Å². The molecule has 1 heterocycles. The predicted octanol–water partition coefficient (Wildman–Crippen LogP) is 3.98. The molecule has 0 bridgehead atoms. The molecule has 0 aliphatic heterocycles. The Bertz CT molecular complexity index is 927. The molecule has 2 aromatic carbocycles. The molecule has 3 aromatic rings. The lowest BCUT2D eigenvalue weighted by molar-refractivity contribution is 0.910. The van der Waals surface area contributed by atoms with Crippen LogP contribution in [0.1, 0.15) is 11.3 Å². The van der Waals surface area contributed by atoms with Gasteiger partial charge in [0.1, 0.15) is 5.82 Å². The summed E-state index contributed by atoms with van der Waals surface area (Å²) >= 11 is 12.1. The van der Waals surface area contributed by atoms with Crippen molar-refractivity contribution < 1.29 is 0 Å². The fourth-order valence-corrected chi connectivity index (χ4v) is 3.00. The topological polar surface area (TPSA) is 104 Å². The van der Waals surface area contributed by atoms with E-state index in [9.17, 15) is 0 Å². The van der Waals surface area contributed by atoms with E-state index in [1.807, 2.05) is 30.3 Å². The third-order valence-corrected chi connectivity index (χ3v) is 4.58. The van der Waals surface area contributed by atoms with Crippen LogP contribution < -0.4 is 17.2 Å². The highest BCUT2D eigenvalue weighted by atomic mass is 35.5.